The van der Waals surface area contributed by atoms with Crippen molar-refractivity contribution in [2.24, 2.45) is 0 Å². The number of nitrogens with one attached hydrogen (secondary N) is 2. The van der Waals surface area contributed by atoms with Crippen molar-refractivity contribution < 1.29 is 9.59 Å². The first-order chi connectivity index (χ1) is 13.2. The lowest BCUT2D eigenvalue weighted by Crippen LogP contribution is -2.23. The molecular weight excluding hydrogens is 338 g/mol. The lowest BCUT2D eigenvalue weighted by atomic mass is 10.1. The topological polar surface area (TPSA) is 71.1 Å². The number of hydrogen-bond acceptors (Lipinski definition) is 3. The summed E-state index contributed by atoms with van der Waals surface area (Å²) in [4.78, 5) is 28.8. The fraction of sp³-hybridized carbons (Fsp3) is 0.136. The monoisotopic (exact) mass is 359 g/mol. The number of carbonyl (C=O) groups is 2. The zero-order valence-corrected chi connectivity index (χ0v) is 15.1. The van der Waals surface area contributed by atoms with Gasteiger partial charge in [-0.15, -0.1) is 0 Å². The molecule has 0 unspecified atom stereocenters. The van der Waals surface area contributed by atoms with Crippen molar-refractivity contribution in [3.8, 4) is 0 Å². The molecule has 5 nitrogen and oxygen atoms in total. The summed E-state index contributed by atoms with van der Waals surface area (Å²) in [7, 11) is 0. The molecule has 0 saturated heterocycles. The third-order valence-electron chi connectivity index (χ3n) is 4.17. The van der Waals surface area contributed by atoms with Gasteiger partial charge in [-0.25, -0.2) is 0 Å². The van der Waals surface area contributed by atoms with Gasteiger partial charge in [0.2, 0.25) is 0 Å². The molecule has 0 fully saturated rings. The SMILES string of the molecule is CCc1ccc(NC(=O)c2cc(C(=O)NCc3ccccc3)ccn2)cc1. The largest absolute Gasteiger partial charge is 0.348 e. The van der Waals surface area contributed by atoms with E-state index in [2.05, 4.69) is 22.5 Å². The molecule has 5 heteroatoms. The van der Waals surface area contributed by atoms with E-state index in [0.29, 0.717) is 17.8 Å². The smallest absolute Gasteiger partial charge is 0.274 e. The molecule has 1 heterocycles. The third kappa shape index (κ3) is 5.01. The minimum absolute atomic E-state index is 0.196. The molecule has 0 aliphatic rings. The molecule has 0 atom stereocenters. The highest BCUT2D eigenvalue weighted by atomic mass is 16.2. The number of rotatable bonds is 6. The molecule has 0 radical (unpaired) electrons. The molecule has 0 bridgehead atoms. The Morgan fingerprint density at radius 2 is 1.63 bits per heavy atom. The van der Waals surface area contributed by atoms with Crippen LogP contribution in [-0.2, 0) is 13.0 Å². The third-order valence-corrected chi connectivity index (χ3v) is 4.17. The Balaban J connectivity index is 1.64. The minimum Gasteiger partial charge on any atom is -0.348 e. The Bertz CT molecular complexity index is 922. The lowest BCUT2D eigenvalue weighted by molar-refractivity contribution is 0.0951. The standard InChI is InChI=1S/C22H21N3O2/c1-2-16-8-10-19(11-9-16)25-22(27)20-14-18(12-13-23-20)21(26)24-15-17-6-4-3-5-7-17/h3-14H,2,15H2,1H3,(H,24,26)(H,25,27). The number of aromatic nitrogens is 1. The van der Waals surface area contributed by atoms with Gasteiger partial charge < -0.3 is 10.6 Å². The number of carbonyl (C=O) groups excluding carboxylic acids is 2. The van der Waals surface area contributed by atoms with E-state index in [4.69, 9.17) is 0 Å². The molecule has 27 heavy (non-hydrogen) atoms. The maximum Gasteiger partial charge on any atom is 0.274 e. The number of pyridine rings is 1. The van der Waals surface area contributed by atoms with E-state index >= 15 is 0 Å². The van der Waals surface area contributed by atoms with Gasteiger partial charge in [-0.1, -0.05) is 49.4 Å². The van der Waals surface area contributed by atoms with Gasteiger partial charge in [-0.05, 0) is 41.8 Å². The van der Waals surface area contributed by atoms with Gasteiger partial charge in [-0.2, -0.15) is 0 Å². The van der Waals surface area contributed by atoms with Gasteiger partial charge in [0.1, 0.15) is 5.69 Å². The fourth-order valence-electron chi connectivity index (χ4n) is 2.60. The zero-order valence-electron chi connectivity index (χ0n) is 15.1. The first kappa shape index (κ1) is 18.3. The van der Waals surface area contributed by atoms with Crippen molar-refractivity contribution in [2.45, 2.75) is 19.9 Å². The minimum atomic E-state index is -0.350. The molecular formula is C22H21N3O2. The summed E-state index contributed by atoms with van der Waals surface area (Å²) in [5.41, 5.74) is 3.49. The van der Waals surface area contributed by atoms with Crippen LogP contribution in [0.15, 0.2) is 72.9 Å². The van der Waals surface area contributed by atoms with Gasteiger partial charge in [0.25, 0.3) is 11.8 Å². The number of benzene rings is 2. The predicted octanol–water partition coefficient (Wildman–Crippen LogP) is 3.83. The van der Waals surface area contributed by atoms with Crippen molar-refractivity contribution >= 4 is 17.5 Å². The molecule has 0 saturated carbocycles. The van der Waals surface area contributed by atoms with Crippen LogP contribution in [0.2, 0.25) is 0 Å². The van der Waals surface area contributed by atoms with Crippen LogP contribution in [0.1, 0.15) is 38.9 Å². The van der Waals surface area contributed by atoms with Gasteiger partial charge >= 0.3 is 0 Å². The number of amides is 2. The number of hydrogen-bond donors (Lipinski definition) is 2. The van der Waals surface area contributed by atoms with Crippen molar-refractivity contribution in [1.82, 2.24) is 10.3 Å². The van der Waals surface area contributed by atoms with E-state index in [1.165, 1.54) is 17.8 Å². The quantitative estimate of drug-likeness (QED) is 0.703. The maximum absolute atomic E-state index is 12.4. The molecule has 2 N–H and O–H groups in total. The summed E-state index contributed by atoms with van der Waals surface area (Å²) in [6, 6.07) is 20.4. The van der Waals surface area contributed by atoms with Gasteiger partial charge in [0.15, 0.2) is 0 Å². The van der Waals surface area contributed by atoms with Crippen molar-refractivity contribution in [2.75, 3.05) is 5.32 Å². The average molecular weight is 359 g/mol. The van der Waals surface area contributed by atoms with E-state index < -0.39 is 0 Å². The first-order valence-electron chi connectivity index (χ1n) is 8.84. The van der Waals surface area contributed by atoms with Crippen LogP contribution < -0.4 is 10.6 Å². The Hall–Kier alpha value is -3.47. The van der Waals surface area contributed by atoms with Gasteiger partial charge in [0.05, 0.1) is 0 Å². The number of aryl methyl sites for hydroxylation is 1. The molecule has 1 aromatic heterocycles. The summed E-state index contributed by atoms with van der Waals surface area (Å²) in [6.45, 7) is 2.50. The first-order valence-corrected chi connectivity index (χ1v) is 8.84. The van der Waals surface area contributed by atoms with Crippen LogP contribution in [0.5, 0.6) is 0 Å². The highest BCUT2D eigenvalue weighted by Gasteiger charge is 2.12. The van der Waals surface area contributed by atoms with Gasteiger partial charge in [0, 0.05) is 24.0 Å². The van der Waals surface area contributed by atoms with Crippen molar-refractivity contribution in [1.29, 1.82) is 0 Å². The van der Waals surface area contributed by atoms with E-state index in [0.717, 1.165) is 12.0 Å². The molecule has 0 spiro atoms. The van der Waals surface area contributed by atoms with Crippen LogP contribution >= 0.6 is 0 Å². The second-order valence-electron chi connectivity index (χ2n) is 6.10. The van der Waals surface area contributed by atoms with Crippen LogP contribution in [0.3, 0.4) is 0 Å². The molecule has 2 amide bonds. The van der Waals surface area contributed by atoms with E-state index in [1.54, 1.807) is 6.07 Å². The Kier molecular flexibility index (Phi) is 5.94. The summed E-state index contributed by atoms with van der Waals surface area (Å²) in [6.07, 6.45) is 2.41. The molecule has 2 aromatic carbocycles. The van der Waals surface area contributed by atoms with Crippen LogP contribution in [-0.4, -0.2) is 16.8 Å². The van der Waals surface area contributed by atoms with Crippen LogP contribution in [0.4, 0.5) is 5.69 Å². The van der Waals surface area contributed by atoms with Crippen LogP contribution in [0.25, 0.3) is 0 Å². The summed E-state index contributed by atoms with van der Waals surface area (Å²) >= 11 is 0. The molecule has 0 aliphatic heterocycles. The highest BCUT2D eigenvalue weighted by Crippen LogP contribution is 2.12. The summed E-state index contributed by atoms with van der Waals surface area (Å²) in [5, 5.41) is 5.65. The Morgan fingerprint density at radius 1 is 0.889 bits per heavy atom. The zero-order chi connectivity index (χ0) is 19.1. The second kappa shape index (κ2) is 8.76. The molecule has 3 aromatic rings. The van der Waals surface area contributed by atoms with Crippen LogP contribution in [0, 0.1) is 0 Å². The molecule has 136 valence electrons. The van der Waals surface area contributed by atoms with Crippen molar-refractivity contribution in [3.05, 3.63) is 95.3 Å². The highest BCUT2D eigenvalue weighted by molar-refractivity contribution is 6.04. The lowest BCUT2D eigenvalue weighted by Gasteiger charge is -2.08. The predicted molar refractivity (Wildman–Crippen MR) is 106 cm³/mol. The fourth-order valence-corrected chi connectivity index (χ4v) is 2.60. The van der Waals surface area contributed by atoms with Gasteiger partial charge in [-0.3, -0.25) is 14.6 Å². The molecule has 0 aliphatic carbocycles. The normalized spacial score (nSPS) is 10.3. The Labute approximate surface area is 158 Å². The molecule has 3 rings (SSSR count). The second-order valence-corrected chi connectivity index (χ2v) is 6.10. The van der Waals surface area contributed by atoms with Crippen molar-refractivity contribution in [3.63, 3.8) is 0 Å². The maximum atomic E-state index is 12.4. The average Bonchev–Trinajstić information content (AvgIpc) is 2.73. The van der Waals surface area contributed by atoms with E-state index in [-0.39, 0.29) is 17.5 Å². The summed E-state index contributed by atoms with van der Waals surface area (Å²) < 4.78 is 0. The Morgan fingerprint density at radius 3 is 2.33 bits per heavy atom. The number of nitrogens with zero attached hydrogens (tertiary/aromatic N) is 1. The number of anilines is 1. The van der Waals surface area contributed by atoms with E-state index in [9.17, 15) is 9.59 Å². The van der Waals surface area contributed by atoms with E-state index in [1.807, 2.05) is 54.6 Å². The summed E-state index contributed by atoms with van der Waals surface area (Å²) in [5.74, 6) is -0.598.